The summed E-state index contributed by atoms with van der Waals surface area (Å²) in [4.78, 5) is 0. The molecule has 0 spiro atoms. The van der Waals surface area contributed by atoms with Crippen LogP contribution in [-0.2, 0) is 0 Å². The van der Waals surface area contributed by atoms with Crippen molar-refractivity contribution >= 4 is 0 Å². The van der Waals surface area contributed by atoms with E-state index < -0.39 is 0 Å². The fourth-order valence-corrected chi connectivity index (χ4v) is 2.94. The molecule has 2 aliphatic carbocycles. The highest BCUT2D eigenvalue weighted by molar-refractivity contribution is 5.07. The van der Waals surface area contributed by atoms with E-state index in [2.05, 4.69) is 6.92 Å². The first-order valence-corrected chi connectivity index (χ1v) is 5.49. The third-order valence-electron chi connectivity index (χ3n) is 3.93. The van der Waals surface area contributed by atoms with Gasteiger partial charge in [0.2, 0.25) is 0 Å². The second-order valence-electron chi connectivity index (χ2n) is 4.64. The van der Waals surface area contributed by atoms with Crippen LogP contribution in [0, 0.1) is 11.8 Å². The number of hydrogen-bond acceptors (Lipinski definition) is 1. The first-order valence-electron chi connectivity index (χ1n) is 5.49. The highest BCUT2D eigenvalue weighted by Crippen LogP contribution is 2.54. The normalized spacial score (nSPS) is 43.0. The number of rotatable bonds is 2. The maximum Gasteiger partial charge on any atom is 0.0708 e. The Kier molecular flexibility index (Phi) is 2.16. The van der Waals surface area contributed by atoms with Gasteiger partial charge in [-0.25, -0.2) is 0 Å². The summed E-state index contributed by atoms with van der Waals surface area (Å²) in [7, 11) is 0. The summed E-state index contributed by atoms with van der Waals surface area (Å²) < 4.78 is 0. The second kappa shape index (κ2) is 3.02. The molecule has 2 aliphatic rings. The van der Waals surface area contributed by atoms with Gasteiger partial charge in [0.05, 0.1) is 5.60 Å². The molecule has 0 aromatic carbocycles. The topological polar surface area (TPSA) is 20.2 Å². The van der Waals surface area contributed by atoms with E-state index in [1.165, 1.54) is 38.5 Å². The summed E-state index contributed by atoms with van der Waals surface area (Å²) in [6.07, 6.45) is 8.93. The van der Waals surface area contributed by atoms with Gasteiger partial charge in [0, 0.05) is 0 Å². The monoisotopic (exact) mass is 168 g/mol. The van der Waals surface area contributed by atoms with Crippen LogP contribution in [0.4, 0.5) is 0 Å². The van der Waals surface area contributed by atoms with Gasteiger partial charge in [-0.2, -0.15) is 0 Å². The fourth-order valence-electron chi connectivity index (χ4n) is 2.94. The zero-order valence-electron chi connectivity index (χ0n) is 8.05. The Hall–Kier alpha value is -0.0400. The van der Waals surface area contributed by atoms with E-state index in [0.717, 1.165) is 6.42 Å². The van der Waals surface area contributed by atoms with E-state index in [0.29, 0.717) is 11.8 Å². The summed E-state index contributed by atoms with van der Waals surface area (Å²) in [6.45, 7) is 2.20. The lowest BCUT2D eigenvalue weighted by molar-refractivity contribution is 0.0447. The first-order chi connectivity index (χ1) is 5.77. The van der Waals surface area contributed by atoms with Crippen LogP contribution in [0.2, 0.25) is 0 Å². The van der Waals surface area contributed by atoms with E-state index >= 15 is 0 Å². The average Bonchev–Trinajstić information content (AvgIpc) is 2.81. The van der Waals surface area contributed by atoms with E-state index in [4.69, 9.17) is 0 Å². The average molecular weight is 168 g/mol. The third-order valence-corrected chi connectivity index (χ3v) is 3.93. The van der Waals surface area contributed by atoms with Crippen LogP contribution in [0.15, 0.2) is 0 Å². The van der Waals surface area contributed by atoms with Crippen LogP contribution < -0.4 is 0 Å². The molecule has 0 radical (unpaired) electrons. The predicted molar refractivity (Wildman–Crippen MR) is 49.9 cm³/mol. The molecule has 0 saturated heterocycles. The smallest absolute Gasteiger partial charge is 0.0708 e. The molecule has 2 unspecified atom stereocenters. The van der Waals surface area contributed by atoms with Crippen molar-refractivity contribution in [3.05, 3.63) is 0 Å². The van der Waals surface area contributed by atoms with Crippen LogP contribution in [0.25, 0.3) is 0 Å². The molecule has 0 bridgehead atoms. The Labute approximate surface area is 75.2 Å². The van der Waals surface area contributed by atoms with Crippen molar-refractivity contribution in [2.45, 2.75) is 57.5 Å². The van der Waals surface area contributed by atoms with E-state index in [1.807, 2.05) is 0 Å². The summed E-state index contributed by atoms with van der Waals surface area (Å²) in [5.41, 5.74) is -0.213. The number of hydrogen-bond donors (Lipinski definition) is 1. The summed E-state index contributed by atoms with van der Waals surface area (Å²) in [5.74, 6) is 1.29. The Balaban J connectivity index is 1.91. The Morgan fingerprint density at radius 2 is 1.92 bits per heavy atom. The standard InChI is InChI=1S/C11H20O/c1-2-9-8-11(9,12)10-6-4-3-5-7-10/h9-10,12H,2-8H2,1H3. The molecule has 2 rings (SSSR count). The van der Waals surface area contributed by atoms with Gasteiger partial charge in [-0.15, -0.1) is 0 Å². The highest BCUT2D eigenvalue weighted by Gasteiger charge is 2.56. The molecule has 0 aliphatic heterocycles. The van der Waals surface area contributed by atoms with Gasteiger partial charge in [0.15, 0.2) is 0 Å². The van der Waals surface area contributed by atoms with Crippen LogP contribution in [0.3, 0.4) is 0 Å². The Morgan fingerprint density at radius 1 is 1.25 bits per heavy atom. The van der Waals surface area contributed by atoms with Gasteiger partial charge in [-0.3, -0.25) is 0 Å². The molecule has 70 valence electrons. The molecular formula is C11H20O. The van der Waals surface area contributed by atoms with Crippen molar-refractivity contribution in [2.24, 2.45) is 11.8 Å². The maximum atomic E-state index is 10.2. The van der Waals surface area contributed by atoms with Gasteiger partial charge < -0.3 is 5.11 Å². The zero-order valence-corrected chi connectivity index (χ0v) is 8.05. The van der Waals surface area contributed by atoms with Crippen molar-refractivity contribution in [1.29, 1.82) is 0 Å². The van der Waals surface area contributed by atoms with Crippen molar-refractivity contribution < 1.29 is 5.11 Å². The Morgan fingerprint density at radius 3 is 2.42 bits per heavy atom. The number of aliphatic hydroxyl groups is 1. The van der Waals surface area contributed by atoms with Gasteiger partial charge in [-0.05, 0) is 31.1 Å². The molecular weight excluding hydrogens is 148 g/mol. The van der Waals surface area contributed by atoms with Crippen LogP contribution in [-0.4, -0.2) is 10.7 Å². The second-order valence-corrected chi connectivity index (χ2v) is 4.64. The van der Waals surface area contributed by atoms with Gasteiger partial charge in [0.1, 0.15) is 0 Å². The lowest BCUT2D eigenvalue weighted by Crippen LogP contribution is -2.26. The van der Waals surface area contributed by atoms with Crippen molar-refractivity contribution in [3.63, 3.8) is 0 Å². The molecule has 2 fully saturated rings. The lowest BCUT2D eigenvalue weighted by Gasteiger charge is -2.27. The summed E-state index contributed by atoms with van der Waals surface area (Å²) >= 11 is 0. The molecule has 2 atom stereocenters. The predicted octanol–water partition coefficient (Wildman–Crippen LogP) is 2.73. The highest BCUT2D eigenvalue weighted by atomic mass is 16.3. The SMILES string of the molecule is CCC1CC1(O)C1CCCCC1. The maximum absolute atomic E-state index is 10.2. The molecule has 0 heterocycles. The van der Waals surface area contributed by atoms with Crippen LogP contribution in [0.5, 0.6) is 0 Å². The molecule has 0 aromatic rings. The van der Waals surface area contributed by atoms with Gasteiger partial charge >= 0.3 is 0 Å². The van der Waals surface area contributed by atoms with E-state index in [9.17, 15) is 5.11 Å². The van der Waals surface area contributed by atoms with E-state index in [-0.39, 0.29) is 5.60 Å². The van der Waals surface area contributed by atoms with Crippen LogP contribution in [0.1, 0.15) is 51.9 Å². The first kappa shape index (κ1) is 8.55. The van der Waals surface area contributed by atoms with E-state index in [1.54, 1.807) is 0 Å². The zero-order chi connectivity index (χ0) is 8.60. The molecule has 12 heavy (non-hydrogen) atoms. The van der Waals surface area contributed by atoms with Crippen molar-refractivity contribution in [1.82, 2.24) is 0 Å². The molecule has 1 N–H and O–H groups in total. The third kappa shape index (κ3) is 1.28. The minimum Gasteiger partial charge on any atom is -0.389 e. The quantitative estimate of drug-likeness (QED) is 0.672. The molecule has 2 saturated carbocycles. The minimum absolute atomic E-state index is 0.213. The fraction of sp³-hybridized carbons (Fsp3) is 1.00. The largest absolute Gasteiger partial charge is 0.389 e. The Bertz CT molecular complexity index is 160. The summed E-state index contributed by atoms with van der Waals surface area (Å²) in [5, 5.41) is 10.2. The lowest BCUT2D eigenvalue weighted by atomic mass is 9.82. The van der Waals surface area contributed by atoms with Gasteiger partial charge in [0.25, 0.3) is 0 Å². The summed E-state index contributed by atoms with van der Waals surface area (Å²) in [6, 6.07) is 0. The van der Waals surface area contributed by atoms with Crippen LogP contribution >= 0.6 is 0 Å². The van der Waals surface area contributed by atoms with Crippen molar-refractivity contribution in [2.75, 3.05) is 0 Å². The molecule has 1 nitrogen and oxygen atoms in total. The van der Waals surface area contributed by atoms with Gasteiger partial charge in [-0.1, -0.05) is 32.6 Å². The molecule has 0 amide bonds. The van der Waals surface area contributed by atoms with Crippen molar-refractivity contribution in [3.8, 4) is 0 Å². The molecule has 0 aromatic heterocycles. The molecule has 1 heteroatoms. The minimum atomic E-state index is -0.213.